The molecule has 2 aliphatic rings. The fraction of sp³-hybridized carbons (Fsp3) is 0.435. The topological polar surface area (TPSA) is 62.7 Å². The zero-order valence-electron chi connectivity index (χ0n) is 17.0. The van der Waals surface area contributed by atoms with E-state index in [2.05, 4.69) is 11.1 Å². The number of amides is 2. The Morgan fingerprint density at radius 1 is 1.17 bits per heavy atom. The van der Waals surface area contributed by atoms with Gasteiger partial charge in [0.15, 0.2) is 5.60 Å². The first-order valence-corrected chi connectivity index (χ1v) is 10.1. The molecule has 0 N–H and O–H groups in total. The predicted molar refractivity (Wildman–Crippen MR) is 110 cm³/mol. The second-order valence-corrected chi connectivity index (χ2v) is 8.19. The van der Waals surface area contributed by atoms with Crippen LogP contribution in [0.2, 0.25) is 0 Å². The van der Waals surface area contributed by atoms with Crippen LogP contribution in [0.1, 0.15) is 18.4 Å². The minimum atomic E-state index is -1.05. The standard InChI is InChI=1S/C23H27N3O3/c1-25(2)22(28)23(16-26(12-13-29-23)21(27)19-6-7-19)15-17-4-3-5-20(14-17)18-8-10-24-11-9-18/h3-5,8-11,14,19H,6-7,12-13,15-16H2,1-2H3. The molecule has 1 atom stereocenters. The summed E-state index contributed by atoms with van der Waals surface area (Å²) in [5.74, 6) is 0.199. The van der Waals surface area contributed by atoms with Crippen LogP contribution in [0.4, 0.5) is 0 Å². The molecule has 0 radical (unpaired) electrons. The Morgan fingerprint density at radius 2 is 1.93 bits per heavy atom. The van der Waals surface area contributed by atoms with Gasteiger partial charge in [-0.3, -0.25) is 14.6 Å². The molecule has 29 heavy (non-hydrogen) atoms. The fourth-order valence-electron chi connectivity index (χ4n) is 4.02. The molecule has 0 bridgehead atoms. The maximum Gasteiger partial charge on any atom is 0.256 e. The normalized spacial score (nSPS) is 21.7. The van der Waals surface area contributed by atoms with E-state index in [0.717, 1.165) is 29.5 Å². The van der Waals surface area contributed by atoms with Crippen LogP contribution >= 0.6 is 0 Å². The third-order valence-electron chi connectivity index (χ3n) is 5.65. The molecule has 2 amide bonds. The summed E-state index contributed by atoms with van der Waals surface area (Å²) in [6.45, 7) is 1.23. The maximum atomic E-state index is 13.2. The highest BCUT2D eigenvalue weighted by atomic mass is 16.5. The summed E-state index contributed by atoms with van der Waals surface area (Å²) >= 11 is 0. The number of ether oxygens (including phenoxy) is 1. The van der Waals surface area contributed by atoms with Gasteiger partial charge in [-0.15, -0.1) is 0 Å². The van der Waals surface area contributed by atoms with E-state index in [1.165, 1.54) is 0 Å². The number of benzene rings is 1. The van der Waals surface area contributed by atoms with Gasteiger partial charge in [0, 0.05) is 45.4 Å². The van der Waals surface area contributed by atoms with E-state index in [-0.39, 0.29) is 17.7 Å². The van der Waals surface area contributed by atoms with Crippen LogP contribution in [0.15, 0.2) is 48.8 Å². The van der Waals surface area contributed by atoms with Gasteiger partial charge in [-0.05, 0) is 41.7 Å². The zero-order chi connectivity index (χ0) is 20.4. The highest BCUT2D eigenvalue weighted by Crippen LogP contribution is 2.34. The average Bonchev–Trinajstić information content (AvgIpc) is 3.59. The molecule has 1 aliphatic heterocycles. The lowest BCUT2D eigenvalue weighted by atomic mass is 9.89. The van der Waals surface area contributed by atoms with Crippen LogP contribution in [0.3, 0.4) is 0 Å². The highest BCUT2D eigenvalue weighted by molar-refractivity contribution is 5.88. The van der Waals surface area contributed by atoms with Crippen molar-refractivity contribution in [1.82, 2.24) is 14.8 Å². The molecule has 1 saturated heterocycles. The number of rotatable bonds is 5. The average molecular weight is 393 g/mol. The van der Waals surface area contributed by atoms with E-state index >= 15 is 0 Å². The summed E-state index contributed by atoms with van der Waals surface area (Å²) in [6.07, 6.45) is 5.88. The van der Waals surface area contributed by atoms with E-state index in [1.807, 2.05) is 35.2 Å². The number of carbonyl (C=O) groups is 2. The summed E-state index contributed by atoms with van der Waals surface area (Å²) in [7, 11) is 3.48. The van der Waals surface area contributed by atoms with Crippen LogP contribution in [-0.2, 0) is 20.7 Å². The highest BCUT2D eigenvalue weighted by Gasteiger charge is 2.47. The fourth-order valence-corrected chi connectivity index (χ4v) is 4.02. The molecular formula is C23H27N3O3. The number of hydrogen-bond acceptors (Lipinski definition) is 4. The molecule has 2 aromatic rings. The van der Waals surface area contributed by atoms with E-state index in [0.29, 0.717) is 26.1 Å². The Kier molecular flexibility index (Phi) is 5.37. The van der Waals surface area contributed by atoms with Crippen LogP contribution in [0.5, 0.6) is 0 Å². The Labute approximate surface area is 171 Å². The quantitative estimate of drug-likeness (QED) is 0.783. The monoisotopic (exact) mass is 393 g/mol. The molecule has 1 aromatic heterocycles. The van der Waals surface area contributed by atoms with Gasteiger partial charge in [-0.2, -0.15) is 0 Å². The van der Waals surface area contributed by atoms with Crippen molar-refractivity contribution in [3.8, 4) is 11.1 Å². The van der Waals surface area contributed by atoms with Crippen LogP contribution in [0, 0.1) is 5.92 Å². The first-order valence-electron chi connectivity index (χ1n) is 10.1. The molecule has 4 rings (SSSR count). The Morgan fingerprint density at radius 3 is 2.62 bits per heavy atom. The predicted octanol–water partition coefficient (Wildman–Crippen LogP) is 2.39. The molecule has 6 nitrogen and oxygen atoms in total. The third kappa shape index (κ3) is 4.17. The van der Waals surface area contributed by atoms with Crippen molar-refractivity contribution in [2.75, 3.05) is 33.8 Å². The van der Waals surface area contributed by atoms with E-state index < -0.39 is 5.60 Å². The first kappa shape index (κ1) is 19.6. The summed E-state index contributed by atoms with van der Waals surface area (Å²) in [4.78, 5) is 33.3. The lowest BCUT2D eigenvalue weighted by Crippen LogP contribution is -2.62. The van der Waals surface area contributed by atoms with E-state index in [9.17, 15) is 9.59 Å². The molecule has 152 valence electrons. The largest absolute Gasteiger partial charge is 0.361 e. The van der Waals surface area contributed by atoms with Gasteiger partial charge < -0.3 is 14.5 Å². The number of nitrogens with zero attached hydrogens (tertiary/aromatic N) is 3. The molecule has 1 aliphatic carbocycles. The molecule has 2 fully saturated rings. The van der Waals surface area contributed by atoms with Crippen LogP contribution in [-0.4, -0.2) is 66.0 Å². The lowest BCUT2D eigenvalue weighted by Gasteiger charge is -2.43. The van der Waals surface area contributed by atoms with E-state index in [4.69, 9.17) is 4.74 Å². The van der Waals surface area contributed by atoms with Gasteiger partial charge in [0.1, 0.15) is 0 Å². The van der Waals surface area contributed by atoms with Crippen molar-refractivity contribution in [1.29, 1.82) is 0 Å². The summed E-state index contributed by atoms with van der Waals surface area (Å²) in [5.41, 5.74) is 2.10. The van der Waals surface area contributed by atoms with E-state index in [1.54, 1.807) is 31.4 Å². The molecule has 1 aromatic carbocycles. The molecule has 1 unspecified atom stereocenters. The van der Waals surface area contributed by atoms with Crippen molar-refractivity contribution >= 4 is 11.8 Å². The molecule has 6 heteroatoms. The third-order valence-corrected chi connectivity index (χ3v) is 5.65. The maximum absolute atomic E-state index is 13.2. The van der Waals surface area contributed by atoms with Gasteiger partial charge in [-0.25, -0.2) is 0 Å². The van der Waals surface area contributed by atoms with Gasteiger partial charge >= 0.3 is 0 Å². The SMILES string of the molecule is CN(C)C(=O)C1(Cc2cccc(-c3ccncc3)c2)CN(C(=O)C2CC2)CCO1. The van der Waals surface area contributed by atoms with Crippen molar-refractivity contribution in [3.63, 3.8) is 0 Å². The Balaban J connectivity index is 1.62. The smallest absolute Gasteiger partial charge is 0.256 e. The Hall–Kier alpha value is -2.73. The lowest BCUT2D eigenvalue weighted by molar-refractivity contribution is -0.173. The van der Waals surface area contributed by atoms with Crippen molar-refractivity contribution in [3.05, 3.63) is 54.4 Å². The van der Waals surface area contributed by atoms with Crippen molar-refractivity contribution in [2.45, 2.75) is 24.9 Å². The number of carbonyl (C=O) groups excluding carboxylic acids is 2. The Bertz CT molecular complexity index is 895. The molecule has 0 spiro atoms. The second kappa shape index (κ2) is 7.95. The molecule has 2 heterocycles. The number of aromatic nitrogens is 1. The summed E-state index contributed by atoms with van der Waals surface area (Å²) in [6, 6.07) is 12.1. The van der Waals surface area contributed by atoms with Gasteiger partial charge in [0.05, 0.1) is 13.2 Å². The minimum absolute atomic E-state index is 0.0971. The molecule has 1 saturated carbocycles. The van der Waals surface area contributed by atoms with Crippen molar-refractivity contribution < 1.29 is 14.3 Å². The van der Waals surface area contributed by atoms with Crippen LogP contribution in [0.25, 0.3) is 11.1 Å². The number of morpholine rings is 1. The number of pyridine rings is 1. The number of hydrogen-bond donors (Lipinski definition) is 0. The van der Waals surface area contributed by atoms with Crippen molar-refractivity contribution in [2.24, 2.45) is 5.92 Å². The summed E-state index contributed by atoms with van der Waals surface area (Å²) < 4.78 is 6.12. The first-order chi connectivity index (χ1) is 14.0. The zero-order valence-corrected chi connectivity index (χ0v) is 17.0. The minimum Gasteiger partial charge on any atom is -0.361 e. The number of likely N-dealkylation sites (N-methyl/N-ethyl adjacent to an activating group) is 1. The summed E-state index contributed by atoms with van der Waals surface area (Å²) in [5, 5.41) is 0. The second-order valence-electron chi connectivity index (χ2n) is 8.19. The van der Waals surface area contributed by atoms with Gasteiger partial charge in [0.2, 0.25) is 5.91 Å². The van der Waals surface area contributed by atoms with Crippen LogP contribution < -0.4 is 0 Å². The van der Waals surface area contributed by atoms with Gasteiger partial charge in [-0.1, -0.05) is 24.3 Å². The van der Waals surface area contributed by atoms with Gasteiger partial charge in [0.25, 0.3) is 5.91 Å². The molecular weight excluding hydrogens is 366 g/mol.